The van der Waals surface area contributed by atoms with Gasteiger partial charge in [-0.25, -0.2) is 4.98 Å². The highest BCUT2D eigenvalue weighted by Gasteiger charge is 2.31. The van der Waals surface area contributed by atoms with Crippen molar-refractivity contribution in [1.29, 1.82) is 0 Å². The highest BCUT2D eigenvalue weighted by atomic mass is 35.5. The van der Waals surface area contributed by atoms with E-state index in [1.54, 1.807) is 12.1 Å². The summed E-state index contributed by atoms with van der Waals surface area (Å²) >= 11 is 5.72. The first-order valence-corrected chi connectivity index (χ1v) is 9.43. The van der Waals surface area contributed by atoms with E-state index < -0.39 is 30.2 Å². The normalized spacial score (nSPS) is 11.1. The molecule has 1 N–H and O–H groups in total. The molecule has 0 fully saturated rings. The number of hydrogen-bond acceptors (Lipinski definition) is 4. The fraction of sp³-hybridized carbons (Fsp3) is 0.136. The van der Waals surface area contributed by atoms with Crippen molar-refractivity contribution in [2.45, 2.75) is 12.6 Å². The summed E-state index contributed by atoms with van der Waals surface area (Å²) in [5.74, 6) is -1.66. The van der Waals surface area contributed by atoms with Gasteiger partial charge >= 0.3 is 12.1 Å². The predicted octanol–water partition coefficient (Wildman–Crippen LogP) is 5.15. The molecule has 0 aliphatic carbocycles. The Balaban J connectivity index is 1.50. The van der Waals surface area contributed by atoms with Gasteiger partial charge in [-0.2, -0.15) is 13.2 Å². The van der Waals surface area contributed by atoms with E-state index in [4.69, 9.17) is 16.3 Å². The first-order valence-electron chi connectivity index (χ1n) is 9.05. The van der Waals surface area contributed by atoms with Crippen LogP contribution in [0.15, 0.2) is 66.9 Å². The predicted molar refractivity (Wildman–Crippen MR) is 109 cm³/mol. The molecular formula is C22H16ClF3N2O3. The van der Waals surface area contributed by atoms with E-state index in [2.05, 4.69) is 10.3 Å². The number of hydrogen-bond donors (Lipinski definition) is 1. The molecule has 0 aliphatic heterocycles. The summed E-state index contributed by atoms with van der Waals surface area (Å²) in [6.45, 7) is -0.625. The Morgan fingerprint density at radius 2 is 1.65 bits per heavy atom. The zero-order valence-corrected chi connectivity index (χ0v) is 16.7. The summed E-state index contributed by atoms with van der Waals surface area (Å²) in [5.41, 5.74) is 1.71. The van der Waals surface area contributed by atoms with Gasteiger partial charge in [0.2, 0.25) is 0 Å². The maximum Gasteiger partial charge on any atom is 0.417 e. The van der Waals surface area contributed by atoms with Gasteiger partial charge in [0, 0.05) is 6.20 Å². The average molecular weight is 449 g/mol. The molecule has 0 atom stereocenters. The lowest BCUT2D eigenvalue weighted by atomic mass is 10.0. The van der Waals surface area contributed by atoms with Crippen molar-refractivity contribution >= 4 is 29.3 Å². The van der Waals surface area contributed by atoms with Gasteiger partial charge < -0.3 is 10.1 Å². The third-order valence-corrected chi connectivity index (χ3v) is 4.49. The Hall–Kier alpha value is -3.39. The van der Waals surface area contributed by atoms with Crippen LogP contribution in [0.25, 0.3) is 11.1 Å². The Bertz CT molecular complexity index is 1070. The second-order valence-electron chi connectivity index (χ2n) is 6.50. The number of carbonyl (C=O) groups is 2. The number of amides is 1. The standard InChI is InChI=1S/C22H16ClF3N2O3/c23-18-11-17(22(24,25)26)12-27-21(18)28-19(29)13-31-20(30)10-14-6-8-16(9-7-14)15-4-2-1-3-5-15/h1-9,11-12H,10,13H2,(H,27,28,29). The molecule has 0 bridgehead atoms. The maximum atomic E-state index is 12.6. The Morgan fingerprint density at radius 1 is 1.00 bits per heavy atom. The zero-order valence-electron chi connectivity index (χ0n) is 15.9. The SMILES string of the molecule is O=C(COC(=O)Cc1ccc(-c2ccccc2)cc1)Nc1ncc(C(F)(F)F)cc1Cl. The number of anilines is 1. The van der Waals surface area contributed by atoms with E-state index in [0.29, 0.717) is 17.8 Å². The fourth-order valence-electron chi connectivity index (χ4n) is 2.66. The molecule has 0 saturated heterocycles. The smallest absolute Gasteiger partial charge is 0.417 e. The van der Waals surface area contributed by atoms with Crippen molar-refractivity contribution in [1.82, 2.24) is 4.98 Å². The third-order valence-electron chi connectivity index (χ3n) is 4.20. The van der Waals surface area contributed by atoms with E-state index in [9.17, 15) is 22.8 Å². The summed E-state index contributed by atoms with van der Waals surface area (Å²) in [7, 11) is 0. The number of nitrogens with one attached hydrogen (secondary N) is 1. The molecule has 9 heteroatoms. The second kappa shape index (κ2) is 9.61. The first-order chi connectivity index (χ1) is 14.7. The maximum absolute atomic E-state index is 12.6. The minimum Gasteiger partial charge on any atom is -0.455 e. The van der Waals surface area contributed by atoms with Crippen LogP contribution in [-0.2, 0) is 26.9 Å². The lowest BCUT2D eigenvalue weighted by molar-refractivity contribution is -0.146. The summed E-state index contributed by atoms with van der Waals surface area (Å²) in [4.78, 5) is 27.4. The lowest BCUT2D eigenvalue weighted by Crippen LogP contribution is -2.22. The number of carbonyl (C=O) groups excluding carboxylic acids is 2. The van der Waals surface area contributed by atoms with Gasteiger partial charge in [-0.15, -0.1) is 0 Å². The fourth-order valence-corrected chi connectivity index (χ4v) is 2.88. The number of alkyl halides is 3. The number of esters is 1. The molecule has 31 heavy (non-hydrogen) atoms. The van der Waals surface area contributed by atoms with Crippen molar-refractivity contribution in [3.63, 3.8) is 0 Å². The van der Waals surface area contributed by atoms with Crippen molar-refractivity contribution in [2.24, 2.45) is 0 Å². The van der Waals surface area contributed by atoms with Crippen LogP contribution in [-0.4, -0.2) is 23.5 Å². The van der Waals surface area contributed by atoms with Gasteiger partial charge in [-0.05, 0) is 22.8 Å². The molecular weight excluding hydrogens is 433 g/mol. The van der Waals surface area contributed by atoms with Crippen LogP contribution in [0.4, 0.5) is 19.0 Å². The topological polar surface area (TPSA) is 68.3 Å². The number of nitrogens with zero attached hydrogens (tertiary/aromatic N) is 1. The molecule has 3 aromatic rings. The average Bonchev–Trinajstić information content (AvgIpc) is 2.74. The molecule has 0 unspecified atom stereocenters. The molecule has 1 amide bonds. The Kier molecular flexibility index (Phi) is 6.91. The summed E-state index contributed by atoms with van der Waals surface area (Å²) in [6.07, 6.45) is -4.09. The summed E-state index contributed by atoms with van der Waals surface area (Å²) in [5, 5.41) is 1.83. The van der Waals surface area contributed by atoms with Crippen LogP contribution in [0, 0.1) is 0 Å². The van der Waals surface area contributed by atoms with Crippen LogP contribution < -0.4 is 5.32 Å². The minimum absolute atomic E-state index is 0.0400. The summed E-state index contributed by atoms with van der Waals surface area (Å²) in [6, 6.07) is 17.7. The third kappa shape index (κ3) is 6.29. The van der Waals surface area contributed by atoms with Crippen LogP contribution >= 0.6 is 11.6 Å². The van der Waals surface area contributed by atoms with Gasteiger partial charge in [-0.1, -0.05) is 66.2 Å². The molecule has 0 radical (unpaired) electrons. The van der Waals surface area contributed by atoms with Gasteiger partial charge in [-0.3, -0.25) is 9.59 Å². The number of rotatable bonds is 6. The molecule has 3 rings (SSSR count). The quantitative estimate of drug-likeness (QED) is 0.530. The minimum atomic E-state index is -4.60. The molecule has 2 aromatic carbocycles. The van der Waals surface area contributed by atoms with Crippen LogP contribution in [0.1, 0.15) is 11.1 Å². The van der Waals surface area contributed by atoms with Gasteiger partial charge in [0.1, 0.15) is 0 Å². The van der Waals surface area contributed by atoms with Gasteiger partial charge in [0.05, 0.1) is 17.0 Å². The van der Waals surface area contributed by atoms with Gasteiger partial charge in [0.15, 0.2) is 12.4 Å². The van der Waals surface area contributed by atoms with E-state index in [0.717, 1.165) is 11.1 Å². The van der Waals surface area contributed by atoms with E-state index >= 15 is 0 Å². The molecule has 1 heterocycles. The number of pyridine rings is 1. The number of halogens is 4. The first kappa shape index (κ1) is 22.3. The molecule has 160 valence electrons. The Morgan fingerprint density at radius 3 is 2.26 bits per heavy atom. The van der Waals surface area contributed by atoms with Crippen molar-refractivity contribution in [3.05, 3.63) is 83.0 Å². The highest BCUT2D eigenvalue weighted by Crippen LogP contribution is 2.32. The number of aromatic nitrogens is 1. The molecule has 0 aliphatic rings. The van der Waals surface area contributed by atoms with Crippen LogP contribution in [0.2, 0.25) is 5.02 Å². The summed E-state index contributed by atoms with van der Waals surface area (Å²) < 4.78 is 42.8. The molecule has 1 aromatic heterocycles. The van der Waals surface area contributed by atoms with Crippen LogP contribution in [0.5, 0.6) is 0 Å². The lowest BCUT2D eigenvalue weighted by Gasteiger charge is -2.10. The highest BCUT2D eigenvalue weighted by molar-refractivity contribution is 6.33. The monoisotopic (exact) mass is 448 g/mol. The Labute approximate surface area is 180 Å². The van der Waals surface area contributed by atoms with E-state index in [-0.39, 0.29) is 17.3 Å². The molecule has 0 saturated carbocycles. The van der Waals surface area contributed by atoms with E-state index in [1.165, 1.54) is 0 Å². The van der Waals surface area contributed by atoms with Crippen LogP contribution in [0.3, 0.4) is 0 Å². The molecule has 5 nitrogen and oxygen atoms in total. The van der Waals surface area contributed by atoms with E-state index in [1.807, 2.05) is 42.5 Å². The van der Waals surface area contributed by atoms with Crippen molar-refractivity contribution in [2.75, 3.05) is 11.9 Å². The second-order valence-corrected chi connectivity index (χ2v) is 6.91. The number of ether oxygens (including phenoxy) is 1. The van der Waals surface area contributed by atoms with Gasteiger partial charge in [0.25, 0.3) is 5.91 Å². The van der Waals surface area contributed by atoms with Crippen molar-refractivity contribution < 1.29 is 27.5 Å². The zero-order chi connectivity index (χ0) is 22.4. The number of benzene rings is 2. The molecule has 0 spiro atoms. The largest absolute Gasteiger partial charge is 0.455 e. The van der Waals surface area contributed by atoms with Crippen molar-refractivity contribution in [3.8, 4) is 11.1 Å².